The first kappa shape index (κ1) is 13.1. The van der Waals surface area contributed by atoms with Gasteiger partial charge in [-0.3, -0.25) is 4.79 Å². The van der Waals surface area contributed by atoms with Crippen LogP contribution in [-0.2, 0) is 0 Å². The highest BCUT2D eigenvalue weighted by Crippen LogP contribution is 2.31. The molecule has 0 bridgehead atoms. The number of hydrogen-bond acceptors (Lipinski definition) is 1. The fourth-order valence-corrected chi connectivity index (χ4v) is 3.07. The molecule has 0 amide bonds. The van der Waals surface area contributed by atoms with Gasteiger partial charge in [0.2, 0.25) is 0 Å². The van der Waals surface area contributed by atoms with Gasteiger partial charge in [0.25, 0.3) is 5.24 Å². The van der Waals surface area contributed by atoms with E-state index in [1.54, 1.807) is 12.1 Å². The summed E-state index contributed by atoms with van der Waals surface area (Å²) in [5.74, 6) is 0. The maximum absolute atomic E-state index is 11.2. The lowest BCUT2D eigenvalue weighted by molar-refractivity contribution is 0.108. The molecule has 1 aromatic heterocycles. The first-order valence-electron chi connectivity index (χ1n) is 7.04. The van der Waals surface area contributed by atoms with Crippen molar-refractivity contribution in [1.82, 2.24) is 4.57 Å². The second kappa shape index (κ2) is 5.00. The summed E-state index contributed by atoms with van der Waals surface area (Å²) in [4.78, 5) is 11.2. The van der Waals surface area contributed by atoms with E-state index < -0.39 is 5.24 Å². The minimum absolute atomic E-state index is 0.436. The maximum atomic E-state index is 11.2. The molecule has 106 valence electrons. The van der Waals surface area contributed by atoms with Gasteiger partial charge in [-0.25, -0.2) is 0 Å². The molecule has 1 heterocycles. The zero-order valence-electron chi connectivity index (χ0n) is 11.7. The summed E-state index contributed by atoms with van der Waals surface area (Å²) >= 11 is 5.52. The van der Waals surface area contributed by atoms with Crippen molar-refractivity contribution in [1.29, 1.82) is 0 Å². The molecule has 0 atom stereocenters. The molecule has 3 aromatic carbocycles. The smallest absolute Gasteiger partial charge is 0.252 e. The molecule has 0 saturated carbocycles. The third-order valence-corrected chi connectivity index (χ3v) is 4.15. The Balaban J connectivity index is 2.06. The van der Waals surface area contributed by atoms with Gasteiger partial charge in [0.15, 0.2) is 0 Å². The number of benzene rings is 3. The fraction of sp³-hybridized carbons (Fsp3) is 0. The summed E-state index contributed by atoms with van der Waals surface area (Å²) in [6, 6.07) is 24.0. The van der Waals surface area contributed by atoms with Crippen molar-refractivity contribution < 1.29 is 4.79 Å². The normalized spacial score (nSPS) is 11.1. The number of carbonyl (C=O) groups is 1. The monoisotopic (exact) mass is 305 g/mol. The number of nitrogens with zero attached hydrogens (tertiary/aromatic N) is 1. The van der Waals surface area contributed by atoms with Crippen molar-refractivity contribution in [3.8, 4) is 5.69 Å². The average Bonchev–Trinajstić information content (AvgIpc) is 2.89. The molecule has 4 aromatic rings. The van der Waals surface area contributed by atoms with Crippen LogP contribution in [0, 0.1) is 0 Å². The highest BCUT2D eigenvalue weighted by Gasteiger charge is 2.11. The number of rotatable bonds is 2. The Morgan fingerprint density at radius 1 is 0.727 bits per heavy atom. The second-order valence-electron chi connectivity index (χ2n) is 5.19. The lowest BCUT2D eigenvalue weighted by Gasteiger charge is -2.08. The minimum atomic E-state index is -0.436. The SMILES string of the molecule is O=C(Cl)c1ccc(-n2c3ccccc3c3ccccc32)cc1. The zero-order valence-corrected chi connectivity index (χ0v) is 12.4. The summed E-state index contributed by atoms with van der Waals surface area (Å²) in [6.07, 6.45) is 0. The van der Waals surface area contributed by atoms with Crippen molar-refractivity contribution in [3.63, 3.8) is 0 Å². The topological polar surface area (TPSA) is 22.0 Å². The number of halogens is 1. The standard InChI is InChI=1S/C19H12ClNO/c20-19(22)13-9-11-14(12-10-13)21-17-7-3-1-5-15(17)16-6-2-4-8-18(16)21/h1-12H. The summed E-state index contributed by atoms with van der Waals surface area (Å²) in [7, 11) is 0. The van der Waals surface area contributed by atoms with E-state index in [9.17, 15) is 4.79 Å². The number of aromatic nitrogens is 1. The van der Waals surface area contributed by atoms with Gasteiger partial charge in [0.1, 0.15) is 0 Å². The van der Waals surface area contributed by atoms with Crippen LogP contribution in [0.15, 0.2) is 72.8 Å². The van der Waals surface area contributed by atoms with Gasteiger partial charge >= 0.3 is 0 Å². The van der Waals surface area contributed by atoms with E-state index >= 15 is 0 Å². The average molecular weight is 306 g/mol. The molecular formula is C19H12ClNO. The van der Waals surface area contributed by atoms with Crippen LogP contribution in [-0.4, -0.2) is 9.81 Å². The van der Waals surface area contributed by atoms with Gasteiger partial charge in [0, 0.05) is 22.0 Å². The molecule has 0 fully saturated rings. The molecule has 0 radical (unpaired) electrons. The van der Waals surface area contributed by atoms with Crippen LogP contribution in [0.5, 0.6) is 0 Å². The van der Waals surface area contributed by atoms with Crippen molar-refractivity contribution in [2.75, 3.05) is 0 Å². The molecule has 2 nitrogen and oxygen atoms in total. The third-order valence-electron chi connectivity index (χ3n) is 3.93. The van der Waals surface area contributed by atoms with Crippen molar-refractivity contribution >= 4 is 38.6 Å². The summed E-state index contributed by atoms with van der Waals surface area (Å²) in [5, 5.41) is 2.00. The van der Waals surface area contributed by atoms with E-state index in [2.05, 4.69) is 28.8 Å². The van der Waals surface area contributed by atoms with Crippen LogP contribution >= 0.6 is 11.6 Å². The van der Waals surface area contributed by atoms with E-state index in [0.717, 1.165) is 16.7 Å². The predicted molar refractivity (Wildman–Crippen MR) is 91.0 cm³/mol. The number of fused-ring (bicyclic) bond motifs is 3. The quantitative estimate of drug-likeness (QED) is 0.469. The Bertz CT molecular complexity index is 946. The van der Waals surface area contributed by atoms with Crippen LogP contribution in [0.25, 0.3) is 27.5 Å². The van der Waals surface area contributed by atoms with E-state index in [1.165, 1.54) is 10.8 Å². The highest BCUT2D eigenvalue weighted by atomic mass is 35.5. The first-order chi connectivity index (χ1) is 10.8. The molecular weight excluding hydrogens is 294 g/mol. The van der Waals surface area contributed by atoms with Crippen molar-refractivity contribution in [2.45, 2.75) is 0 Å². The van der Waals surface area contributed by atoms with E-state index in [-0.39, 0.29) is 0 Å². The van der Waals surface area contributed by atoms with Crippen LogP contribution < -0.4 is 0 Å². The maximum Gasteiger partial charge on any atom is 0.252 e. The number of carbonyl (C=O) groups excluding carboxylic acids is 1. The molecule has 0 saturated heterocycles. The van der Waals surface area contributed by atoms with E-state index in [4.69, 9.17) is 11.6 Å². The Labute approximate surface area is 132 Å². The fourth-order valence-electron chi connectivity index (χ4n) is 2.94. The Morgan fingerprint density at radius 3 is 1.73 bits per heavy atom. The van der Waals surface area contributed by atoms with Gasteiger partial charge in [-0.1, -0.05) is 36.4 Å². The molecule has 0 spiro atoms. The molecule has 0 aliphatic heterocycles. The molecule has 0 unspecified atom stereocenters. The van der Waals surface area contributed by atoms with Crippen LogP contribution in [0.3, 0.4) is 0 Å². The number of hydrogen-bond donors (Lipinski definition) is 0. The van der Waals surface area contributed by atoms with Crippen molar-refractivity contribution in [2.24, 2.45) is 0 Å². The number of para-hydroxylation sites is 2. The Morgan fingerprint density at radius 2 is 1.23 bits per heavy atom. The summed E-state index contributed by atoms with van der Waals surface area (Å²) in [6.45, 7) is 0. The largest absolute Gasteiger partial charge is 0.309 e. The van der Waals surface area contributed by atoms with E-state index in [0.29, 0.717) is 5.56 Å². The lowest BCUT2D eigenvalue weighted by atomic mass is 10.2. The third kappa shape index (κ3) is 1.92. The molecule has 0 N–H and O–H groups in total. The van der Waals surface area contributed by atoms with Gasteiger partial charge in [-0.2, -0.15) is 0 Å². The van der Waals surface area contributed by atoms with Gasteiger partial charge in [-0.15, -0.1) is 0 Å². The van der Waals surface area contributed by atoms with Crippen LogP contribution in [0.4, 0.5) is 0 Å². The molecule has 0 aliphatic carbocycles. The Hall–Kier alpha value is -2.58. The van der Waals surface area contributed by atoms with Gasteiger partial charge < -0.3 is 4.57 Å². The van der Waals surface area contributed by atoms with Gasteiger partial charge in [0.05, 0.1) is 11.0 Å². The molecule has 3 heteroatoms. The van der Waals surface area contributed by atoms with Crippen LogP contribution in [0.1, 0.15) is 10.4 Å². The summed E-state index contributed by atoms with van der Waals surface area (Å²) < 4.78 is 2.20. The predicted octanol–water partition coefficient (Wildman–Crippen LogP) is 5.16. The van der Waals surface area contributed by atoms with Gasteiger partial charge in [-0.05, 0) is 48.0 Å². The lowest BCUT2D eigenvalue weighted by Crippen LogP contribution is -1.95. The molecule has 0 aliphatic rings. The first-order valence-corrected chi connectivity index (χ1v) is 7.42. The van der Waals surface area contributed by atoms with Crippen molar-refractivity contribution in [3.05, 3.63) is 78.4 Å². The zero-order chi connectivity index (χ0) is 15.1. The highest BCUT2D eigenvalue weighted by molar-refractivity contribution is 6.67. The molecule has 22 heavy (non-hydrogen) atoms. The second-order valence-corrected chi connectivity index (χ2v) is 5.53. The minimum Gasteiger partial charge on any atom is -0.309 e. The van der Waals surface area contributed by atoms with E-state index in [1.807, 2.05) is 36.4 Å². The van der Waals surface area contributed by atoms with Crippen LogP contribution in [0.2, 0.25) is 0 Å². The summed E-state index contributed by atoms with van der Waals surface area (Å²) in [5.41, 5.74) is 3.81. The molecule has 4 rings (SSSR count). The Kier molecular flexibility index (Phi) is 2.98.